The van der Waals surface area contributed by atoms with Gasteiger partial charge in [0, 0.05) is 6.92 Å². The van der Waals surface area contributed by atoms with Crippen LogP contribution >= 0.6 is 11.6 Å². The van der Waals surface area contributed by atoms with Gasteiger partial charge in [0.1, 0.15) is 0 Å². The summed E-state index contributed by atoms with van der Waals surface area (Å²) in [5.74, 6) is -0.333. The zero-order valence-corrected chi connectivity index (χ0v) is 10.3. The fourth-order valence-electron chi connectivity index (χ4n) is 1.00. The number of hydrogen-bond donors (Lipinski definition) is 2. The third-order valence-corrected chi connectivity index (χ3v) is 2.14. The van der Waals surface area contributed by atoms with Crippen LogP contribution in [0.1, 0.15) is 19.4 Å². The lowest BCUT2D eigenvalue weighted by molar-refractivity contribution is -0.115. The molecule has 16 heavy (non-hydrogen) atoms. The van der Waals surface area contributed by atoms with E-state index in [9.17, 15) is 4.79 Å². The number of amides is 1. The molecule has 0 saturated carbocycles. The SMILES string of the molecule is CC(N)=O.CC=CCc1cccc(N)c1Cl. The van der Waals surface area contributed by atoms with E-state index in [0.717, 1.165) is 12.0 Å². The number of allylic oxidation sites excluding steroid dienone is 2. The maximum Gasteiger partial charge on any atom is 0.214 e. The highest BCUT2D eigenvalue weighted by Crippen LogP contribution is 2.23. The Morgan fingerprint density at radius 3 is 2.56 bits per heavy atom. The van der Waals surface area contributed by atoms with Crippen molar-refractivity contribution in [3.63, 3.8) is 0 Å². The molecule has 1 aromatic rings. The van der Waals surface area contributed by atoms with Gasteiger partial charge in [-0.15, -0.1) is 0 Å². The highest BCUT2D eigenvalue weighted by molar-refractivity contribution is 6.33. The maximum absolute atomic E-state index is 9.22. The average Bonchev–Trinajstić information content (AvgIpc) is 2.19. The van der Waals surface area contributed by atoms with E-state index in [-0.39, 0.29) is 5.91 Å². The maximum atomic E-state index is 9.22. The Morgan fingerprint density at radius 2 is 2.06 bits per heavy atom. The number of halogens is 1. The second kappa shape index (κ2) is 7.77. The molecular formula is C12H17ClN2O. The molecule has 1 aromatic carbocycles. The Labute approximate surface area is 101 Å². The quantitative estimate of drug-likeness (QED) is 0.616. The molecule has 4 N–H and O–H groups in total. The van der Waals surface area contributed by atoms with Gasteiger partial charge in [-0.3, -0.25) is 4.79 Å². The number of rotatable bonds is 2. The van der Waals surface area contributed by atoms with Crippen molar-refractivity contribution in [2.45, 2.75) is 20.3 Å². The minimum Gasteiger partial charge on any atom is -0.398 e. The van der Waals surface area contributed by atoms with Crippen molar-refractivity contribution >= 4 is 23.2 Å². The topological polar surface area (TPSA) is 69.1 Å². The van der Waals surface area contributed by atoms with Gasteiger partial charge in [0.05, 0.1) is 10.7 Å². The Morgan fingerprint density at radius 1 is 1.50 bits per heavy atom. The average molecular weight is 241 g/mol. The summed E-state index contributed by atoms with van der Waals surface area (Å²) in [4.78, 5) is 9.22. The summed E-state index contributed by atoms with van der Waals surface area (Å²) in [5.41, 5.74) is 11.8. The zero-order chi connectivity index (χ0) is 12.6. The second-order valence-corrected chi connectivity index (χ2v) is 3.58. The van der Waals surface area contributed by atoms with Gasteiger partial charge < -0.3 is 11.5 Å². The molecule has 0 radical (unpaired) electrons. The number of primary amides is 1. The van der Waals surface area contributed by atoms with Gasteiger partial charge in [0.2, 0.25) is 5.91 Å². The van der Waals surface area contributed by atoms with Crippen LogP contribution in [0.2, 0.25) is 5.02 Å². The van der Waals surface area contributed by atoms with Crippen LogP contribution in [0.25, 0.3) is 0 Å². The van der Waals surface area contributed by atoms with Crippen molar-refractivity contribution in [1.82, 2.24) is 0 Å². The van der Waals surface area contributed by atoms with Crippen LogP contribution in [0.15, 0.2) is 30.4 Å². The highest BCUT2D eigenvalue weighted by atomic mass is 35.5. The van der Waals surface area contributed by atoms with E-state index in [4.69, 9.17) is 17.3 Å². The molecule has 0 aliphatic rings. The summed E-state index contributed by atoms with van der Waals surface area (Å²) < 4.78 is 0. The van der Waals surface area contributed by atoms with Gasteiger partial charge in [-0.2, -0.15) is 0 Å². The highest BCUT2D eigenvalue weighted by Gasteiger charge is 2.00. The smallest absolute Gasteiger partial charge is 0.214 e. The van der Waals surface area contributed by atoms with Gasteiger partial charge >= 0.3 is 0 Å². The fourth-order valence-corrected chi connectivity index (χ4v) is 1.21. The largest absolute Gasteiger partial charge is 0.398 e. The fraction of sp³-hybridized carbons (Fsp3) is 0.250. The minimum absolute atomic E-state index is 0.333. The molecule has 0 atom stereocenters. The van der Waals surface area contributed by atoms with Crippen molar-refractivity contribution in [3.05, 3.63) is 40.9 Å². The second-order valence-electron chi connectivity index (χ2n) is 3.20. The molecule has 4 heteroatoms. The van der Waals surface area contributed by atoms with E-state index in [2.05, 4.69) is 11.8 Å². The summed E-state index contributed by atoms with van der Waals surface area (Å²) in [5, 5.41) is 0.676. The Balaban J connectivity index is 0.000000487. The van der Waals surface area contributed by atoms with Crippen LogP contribution in [0, 0.1) is 0 Å². The summed E-state index contributed by atoms with van der Waals surface area (Å²) >= 11 is 5.97. The van der Waals surface area contributed by atoms with Crippen LogP contribution in [0.3, 0.4) is 0 Å². The molecule has 0 bridgehead atoms. The first-order valence-corrected chi connectivity index (χ1v) is 5.26. The van der Waals surface area contributed by atoms with Crippen molar-refractivity contribution in [3.8, 4) is 0 Å². The normalized spacial score (nSPS) is 9.69. The van der Waals surface area contributed by atoms with E-state index < -0.39 is 0 Å². The minimum atomic E-state index is -0.333. The lowest BCUT2D eigenvalue weighted by atomic mass is 10.1. The van der Waals surface area contributed by atoms with Crippen LogP contribution in [-0.2, 0) is 11.2 Å². The Hall–Kier alpha value is -1.48. The third kappa shape index (κ3) is 6.09. The van der Waals surface area contributed by atoms with Crippen molar-refractivity contribution in [2.75, 3.05) is 5.73 Å². The number of nitrogen functional groups attached to an aromatic ring is 1. The number of carbonyl (C=O) groups excluding carboxylic acids is 1. The van der Waals surface area contributed by atoms with E-state index in [0.29, 0.717) is 10.7 Å². The first-order chi connectivity index (χ1) is 7.49. The zero-order valence-electron chi connectivity index (χ0n) is 9.53. The first-order valence-electron chi connectivity index (χ1n) is 4.89. The lowest BCUT2D eigenvalue weighted by Gasteiger charge is -2.02. The predicted molar refractivity (Wildman–Crippen MR) is 69.3 cm³/mol. The van der Waals surface area contributed by atoms with Gasteiger partial charge in [-0.25, -0.2) is 0 Å². The predicted octanol–water partition coefficient (Wildman–Crippen LogP) is 2.53. The van der Waals surface area contributed by atoms with Crippen LogP contribution in [0.5, 0.6) is 0 Å². The van der Waals surface area contributed by atoms with Crippen LogP contribution in [0.4, 0.5) is 5.69 Å². The number of nitrogens with two attached hydrogens (primary N) is 2. The summed E-state index contributed by atoms with van der Waals surface area (Å²) in [7, 11) is 0. The van der Waals surface area contributed by atoms with Gasteiger partial charge in [0.25, 0.3) is 0 Å². The molecular weight excluding hydrogens is 224 g/mol. The molecule has 0 spiro atoms. The monoisotopic (exact) mass is 240 g/mol. The molecule has 0 aliphatic heterocycles. The van der Waals surface area contributed by atoms with Crippen molar-refractivity contribution in [1.29, 1.82) is 0 Å². The molecule has 1 amide bonds. The number of benzene rings is 1. The van der Waals surface area contributed by atoms with Crippen LogP contribution in [-0.4, -0.2) is 5.91 Å². The number of hydrogen-bond acceptors (Lipinski definition) is 2. The lowest BCUT2D eigenvalue weighted by Crippen LogP contribution is -2.01. The van der Waals surface area contributed by atoms with Gasteiger partial charge in [-0.1, -0.05) is 35.9 Å². The molecule has 0 aliphatic carbocycles. The van der Waals surface area contributed by atoms with E-state index in [1.807, 2.05) is 31.2 Å². The molecule has 0 heterocycles. The molecule has 3 nitrogen and oxygen atoms in total. The molecule has 0 aromatic heterocycles. The Bertz CT molecular complexity index is 371. The summed E-state index contributed by atoms with van der Waals surface area (Å²) in [6, 6.07) is 5.71. The summed E-state index contributed by atoms with van der Waals surface area (Å²) in [6.45, 7) is 3.29. The van der Waals surface area contributed by atoms with Gasteiger partial charge in [0.15, 0.2) is 0 Å². The molecule has 0 fully saturated rings. The summed E-state index contributed by atoms with van der Waals surface area (Å²) in [6.07, 6.45) is 4.90. The molecule has 0 saturated heterocycles. The van der Waals surface area contributed by atoms with Gasteiger partial charge in [-0.05, 0) is 25.0 Å². The molecule has 1 rings (SSSR count). The first kappa shape index (κ1) is 14.5. The molecule has 88 valence electrons. The van der Waals surface area contributed by atoms with Crippen LogP contribution < -0.4 is 11.5 Å². The van der Waals surface area contributed by atoms with Crippen molar-refractivity contribution in [2.24, 2.45) is 5.73 Å². The number of anilines is 1. The van der Waals surface area contributed by atoms with E-state index >= 15 is 0 Å². The number of carbonyl (C=O) groups is 1. The molecule has 0 unspecified atom stereocenters. The third-order valence-electron chi connectivity index (χ3n) is 1.68. The standard InChI is InChI=1S/C10H12ClN.C2H5NO/c1-2-3-5-8-6-4-7-9(12)10(8)11;1-2(3)4/h2-4,6-7H,5,12H2,1H3;1H3,(H2,3,4). The van der Waals surface area contributed by atoms with E-state index in [1.165, 1.54) is 6.92 Å². The van der Waals surface area contributed by atoms with E-state index in [1.54, 1.807) is 0 Å². The Kier molecular flexibility index (Phi) is 7.05. The van der Waals surface area contributed by atoms with Crippen molar-refractivity contribution < 1.29 is 4.79 Å².